The van der Waals surface area contributed by atoms with Gasteiger partial charge in [-0.25, -0.2) is 4.98 Å². The Morgan fingerprint density at radius 3 is 2.72 bits per heavy atom. The smallest absolute Gasteiger partial charge is 0.250 e. The lowest BCUT2D eigenvalue weighted by Crippen LogP contribution is -2.07. The average molecular weight is 360 g/mol. The minimum Gasteiger partial charge on any atom is -0.493 e. The molecule has 0 saturated heterocycles. The van der Waals surface area contributed by atoms with Crippen LogP contribution in [0.3, 0.4) is 0 Å². The van der Waals surface area contributed by atoms with Crippen LogP contribution in [-0.2, 0) is 11.2 Å². The predicted octanol–water partition coefficient (Wildman–Crippen LogP) is 4.46. The summed E-state index contributed by atoms with van der Waals surface area (Å²) in [6.07, 6.45) is 4.15. The Hall–Kier alpha value is -2.34. The van der Waals surface area contributed by atoms with Crippen LogP contribution in [0.5, 0.6) is 11.5 Å². The molecular weight excluding hydrogens is 336 g/mol. The lowest BCUT2D eigenvalue weighted by molar-refractivity contribution is -0.111. The third-order valence-electron chi connectivity index (χ3n) is 3.44. The summed E-state index contributed by atoms with van der Waals surface area (Å²) in [6, 6.07) is 5.56. The van der Waals surface area contributed by atoms with E-state index >= 15 is 0 Å². The molecule has 1 aromatic heterocycles. The highest BCUT2D eigenvalue weighted by atomic mass is 32.1. The van der Waals surface area contributed by atoms with Crippen LogP contribution in [0.15, 0.2) is 24.3 Å². The Morgan fingerprint density at radius 1 is 1.36 bits per heavy atom. The fourth-order valence-corrected chi connectivity index (χ4v) is 3.17. The number of nitrogens with one attached hydrogen (secondary N) is 1. The summed E-state index contributed by atoms with van der Waals surface area (Å²) in [5, 5.41) is 3.43. The molecule has 0 aliphatic rings. The van der Waals surface area contributed by atoms with Crippen LogP contribution < -0.4 is 14.8 Å². The van der Waals surface area contributed by atoms with Gasteiger partial charge in [-0.1, -0.05) is 13.0 Å². The van der Waals surface area contributed by atoms with E-state index in [4.69, 9.17) is 9.47 Å². The molecule has 1 aromatic carbocycles. The second-order valence-corrected chi connectivity index (χ2v) is 6.98. The second kappa shape index (κ2) is 8.67. The zero-order valence-electron chi connectivity index (χ0n) is 15.3. The third kappa shape index (κ3) is 5.32. The van der Waals surface area contributed by atoms with Gasteiger partial charge in [0.05, 0.1) is 18.9 Å². The maximum Gasteiger partial charge on any atom is 0.250 e. The molecule has 6 heteroatoms. The molecule has 0 aliphatic carbocycles. The molecule has 0 spiro atoms. The molecule has 2 aromatic rings. The van der Waals surface area contributed by atoms with Gasteiger partial charge < -0.3 is 9.47 Å². The Bertz CT molecular complexity index is 766. The van der Waals surface area contributed by atoms with E-state index in [0.29, 0.717) is 16.6 Å². The lowest BCUT2D eigenvalue weighted by Gasteiger charge is -2.13. The van der Waals surface area contributed by atoms with Crippen LogP contribution in [-0.4, -0.2) is 24.1 Å². The molecule has 1 heterocycles. The largest absolute Gasteiger partial charge is 0.493 e. The van der Waals surface area contributed by atoms with Crippen LogP contribution in [0.2, 0.25) is 0 Å². The molecule has 0 bridgehead atoms. The monoisotopic (exact) mass is 360 g/mol. The van der Waals surface area contributed by atoms with Crippen molar-refractivity contribution in [3.8, 4) is 11.5 Å². The van der Waals surface area contributed by atoms with Crippen molar-refractivity contribution in [2.45, 2.75) is 40.2 Å². The quantitative estimate of drug-likeness (QED) is 0.741. The fraction of sp³-hybridized carbons (Fsp3) is 0.368. The topological polar surface area (TPSA) is 60.5 Å². The van der Waals surface area contributed by atoms with E-state index in [9.17, 15) is 4.79 Å². The summed E-state index contributed by atoms with van der Waals surface area (Å²) in [5.74, 6) is 1.11. The summed E-state index contributed by atoms with van der Waals surface area (Å²) in [7, 11) is 1.60. The van der Waals surface area contributed by atoms with Gasteiger partial charge in [-0.3, -0.25) is 10.1 Å². The van der Waals surface area contributed by atoms with Gasteiger partial charge in [0.2, 0.25) is 5.91 Å². The van der Waals surface area contributed by atoms with E-state index in [2.05, 4.69) is 10.3 Å². The fourth-order valence-electron chi connectivity index (χ4n) is 2.27. The number of hydrogen-bond donors (Lipinski definition) is 1. The number of thiazole rings is 1. The molecule has 0 radical (unpaired) electrons. The first-order chi connectivity index (χ1) is 11.9. The van der Waals surface area contributed by atoms with Gasteiger partial charge in [0, 0.05) is 11.0 Å². The van der Waals surface area contributed by atoms with Gasteiger partial charge in [-0.2, -0.15) is 0 Å². The van der Waals surface area contributed by atoms with Crippen molar-refractivity contribution >= 4 is 28.5 Å². The van der Waals surface area contributed by atoms with E-state index in [1.807, 2.05) is 45.9 Å². The van der Waals surface area contributed by atoms with Crippen LogP contribution in [0, 0.1) is 6.92 Å². The standard InChI is InChI=1S/C19H24N2O3S/c1-6-15-13(4)25-19(20-15)21-18(22)10-8-14-7-9-16(24-12(2)3)17(11-14)23-5/h7-12H,6H2,1-5H3,(H,20,21,22)/b10-8+. The third-order valence-corrected chi connectivity index (χ3v) is 4.36. The van der Waals surface area contributed by atoms with E-state index in [1.165, 1.54) is 17.4 Å². The first kappa shape index (κ1) is 19.0. The van der Waals surface area contributed by atoms with E-state index < -0.39 is 0 Å². The first-order valence-electron chi connectivity index (χ1n) is 8.23. The highest BCUT2D eigenvalue weighted by Gasteiger charge is 2.09. The SMILES string of the molecule is CCc1nc(NC(=O)/C=C/c2ccc(OC(C)C)c(OC)c2)sc1C. The van der Waals surface area contributed by atoms with Crippen molar-refractivity contribution in [1.82, 2.24) is 4.98 Å². The number of aromatic nitrogens is 1. The number of benzene rings is 1. The van der Waals surface area contributed by atoms with Crippen molar-refractivity contribution in [2.24, 2.45) is 0 Å². The van der Waals surface area contributed by atoms with Crippen molar-refractivity contribution in [1.29, 1.82) is 0 Å². The molecule has 0 atom stereocenters. The van der Waals surface area contributed by atoms with Crippen molar-refractivity contribution in [2.75, 3.05) is 12.4 Å². The van der Waals surface area contributed by atoms with Gasteiger partial charge in [0.15, 0.2) is 16.6 Å². The highest BCUT2D eigenvalue weighted by Crippen LogP contribution is 2.29. The van der Waals surface area contributed by atoms with E-state index in [0.717, 1.165) is 22.6 Å². The molecule has 2 rings (SSSR count). The molecule has 134 valence electrons. The van der Waals surface area contributed by atoms with Crippen molar-refractivity contribution in [3.63, 3.8) is 0 Å². The highest BCUT2D eigenvalue weighted by molar-refractivity contribution is 7.15. The number of methoxy groups -OCH3 is 1. The summed E-state index contributed by atoms with van der Waals surface area (Å²) in [4.78, 5) is 17.6. The summed E-state index contributed by atoms with van der Waals surface area (Å²) in [5.41, 5.74) is 1.88. The number of aryl methyl sites for hydroxylation is 2. The van der Waals surface area contributed by atoms with Crippen LogP contribution >= 0.6 is 11.3 Å². The lowest BCUT2D eigenvalue weighted by atomic mass is 10.2. The van der Waals surface area contributed by atoms with Gasteiger partial charge in [-0.05, 0) is 51.0 Å². The molecule has 0 fully saturated rings. The molecule has 1 N–H and O–H groups in total. The van der Waals surface area contributed by atoms with Gasteiger partial charge in [0.1, 0.15) is 0 Å². The van der Waals surface area contributed by atoms with E-state index in [-0.39, 0.29) is 12.0 Å². The molecule has 0 saturated carbocycles. The Morgan fingerprint density at radius 2 is 2.12 bits per heavy atom. The van der Waals surface area contributed by atoms with Crippen molar-refractivity contribution < 1.29 is 14.3 Å². The number of anilines is 1. The number of nitrogens with zero attached hydrogens (tertiary/aromatic N) is 1. The normalized spacial score (nSPS) is 11.1. The molecule has 0 aliphatic heterocycles. The minimum absolute atomic E-state index is 0.0656. The Balaban J connectivity index is 2.05. The maximum absolute atomic E-state index is 12.1. The number of rotatable bonds is 7. The molecule has 1 amide bonds. The minimum atomic E-state index is -0.210. The number of amides is 1. The second-order valence-electron chi connectivity index (χ2n) is 5.77. The number of hydrogen-bond acceptors (Lipinski definition) is 5. The zero-order chi connectivity index (χ0) is 18.4. The van der Waals surface area contributed by atoms with E-state index in [1.54, 1.807) is 13.2 Å². The number of carbonyl (C=O) groups excluding carboxylic acids is 1. The Labute approximate surface area is 152 Å². The van der Waals surface area contributed by atoms with Gasteiger partial charge >= 0.3 is 0 Å². The van der Waals surface area contributed by atoms with Crippen molar-refractivity contribution in [3.05, 3.63) is 40.4 Å². The van der Waals surface area contributed by atoms with Crippen LogP contribution in [0.1, 0.15) is 36.9 Å². The molecule has 5 nitrogen and oxygen atoms in total. The van der Waals surface area contributed by atoms with Gasteiger partial charge in [-0.15, -0.1) is 11.3 Å². The number of carbonyl (C=O) groups is 1. The average Bonchev–Trinajstić information content (AvgIpc) is 2.92. The zero-order valence-corrected chi connectivity index (χ0v) is 16.1. The summed E-state index contributed by atoms with van der Waals surface area (Å²) >= 11 is 1.49. The number of ether oxygens (including phenoxy) is 2. The molecular formula is C19H24N2O3S. The molecule has 25 heavy (non-hydrogen) atoms. The van der Waals surface area contributed by atoms with Crippen LogP contribution in [0.25, 0.3) is 6.08 Å². The maximum atomic E-state index is 12.1. The molecule has 0 unspecified atom stereocenters. The Kier molecular flexibility index (Phi) is 6.58. The van der Waals surface area contributed by atoms with Gasteiger partial charge in [0.25, 0.3) is 0 Å². The predicted molar refractivity (Wildman–Crippen MR) is 103 cm³/mol. The van der Waals surface area contributed by atoms with Crippen LogP contribution in [0.4, 0.5) is 5.13 Å². The first-order valence-corrected chi connectivity index (χ1v) is 9.04. The summed E-state index contributed by atoms with van der Waals surface area (Å²) in [6.45, 7) is 7.98. The summed E-state index contributed by atoms with van der Waals surface area (Å²) < 4.78 is 11.0.